The van der Waals surface area contributed by atoms with Gasteiger partial charge in [0.1, 0.15) is 12.2 Å². The van der Waals surface area contributed by atoms with Gasteiger partial charge in [0, 0.05) is 37.4 Å². The van der Waals surface area contributed by atoms with Crippen LogP contribution in [0, 0.1) is 17.8 Å². The van der Waals surface area contributed by atoms with Crippen LogP contribution in [0.25, 0.3) is 0 Å². The predicted octanol–water partition coefficient (Wildman–Crippen LogP) is 4.62. The molecule has 46 heavy (non-hydrogen) atoms. The van der Waals surface area contributed by atoms with Crippen molar-refractivity contribution in [3.63, 3.8) is 0 Å². The van der Waals surface area contributed by atoms with Gasteiger partial charge in [-0.25, -0.2) is 4.79 Å². The number of carbonyl (C=O) groups excluding carboxylic acids is 2. The van der Waals surface area contributed by atoms with Crippen molar-refractivity contribution < 1.29 is 39.1 Å². The van der Waals surface area contributed by atoms with Crippen molar-refractivity contribution >= 4 is 12.1 Å². The Labute approximate surface area is 276 Å². The third kappa shape index (κ3) is 11.5. The summed E-state index contributed by atoms with van der Waals surface area (Å²) >= 11 is 0. The minimum atomic E-state index is -1.12. The van der Waals surface area contributed by atoms with Gasteiger partial charge < -0.3 is 39.3 Å². The average molecular weight is 649 g/mol. The number of carbonyl (C=O) groups is 2. The van der Waals surface area contributed by atoms with Crippen LogP contribution >= 0.6 is 0 Å². The highest BCUT2D eigenvalue weighted by Crippen LogP contribution is 2.37. The lowest BCUT2D eigenvalue weighted by molar-refractivity contribution is -0.151. The molecule has 0 bridgehead atoms. The number of epoxide rings is 1. The Morgan fingerprint density at radius 2 is 1.87 bits per heavy atom. The molecule has 10 atom stereocenters. The molecular weight excluding hydrogens is 588 g/mol. The van der Waals surface area contributed by atoms with E-state index in [1.54, 1.807) is 24.0 Å². The van der Waals surface area contributed by atoms with Gasteiger partial charge in [0.15, 0.2) is 0 Å². The summed E-state index contributed by atoms with van der Waals surface area (Å²) in [6, 6.07) is 0.456. The van der Waals surface area contributed by atoms with Gasteiger partial charge in [0.05, 0.1) is 36.4 Å². The van der Waals surface area contributed by atoms with E-state index < -0.39 is 36.0 Å². The third-order valence-corrected chi connectivity index (χ3v) is 9.99. The molecule has 10 unspecified atom stereocenters. The van der Waals surface area contributed by atoms with Gasteiger partial charge >= 0.3 is 12.1 Å². The lowest BCUT2D eigenvalue weighted by Gasteiger charge is -2.35. The van der Waals surface area contributed by atoms with Gasteiger partial charge in [-0.15, -0.1) is 0 Å². The lowest BCUT2D eigenvalue weighted by atomic mass is 9.91. The molecule has 10 nitrogen and oxygen atoms in total. The van der Waals surface area contributed by atoms with Crippen LogP contribution in [0.1, 0.15) is 86.5 Å². The second kappa shape index (κ2) is 17.2. The molecular formula is C36H60N2O8. The van der Waals surface area contributed by atoms with Crippen LogP contribution in [-0.2, 0) is 19.0 Å². The van der Waals surface area contributed by atoms with E-state index in [2.05, 4.69) is 19.0 Å². The van der Waals surface area contributed by atoms with Crippen molar-refractivity contribution in [2.45, 2.75) is 135 Å². The molecule has 262 valence electrons. The van der Waals surface area contributed by atoms with Crippen molar-refractivity contribution in [2.24, 2.45) is 17.8 Å². The monoisotopic (exact) mass is 648 g/mol. The molecule has 3 aliphatic heterocycles. The largest absolute Gasteiger partial charge is 0.457 e. The molecule has 2 fully saturated rings. The first-order valence-electron chi connectivity index (χ1n) is 17.2. The van der Waals surface area contributed by atoms with Gasteiger partial charge in [-0.2, -0.15) is 0 Å². The number of nitrogens with zero attached hydrogens (tertiary/aromatic N) is 2. The fourth-order valence-electron chi connectivity index (χ4n) is 6.56. The van der Waals surface area contributed by atoms with Crippen LogP contribution in [0.5, 0.6) is 0 Å². The zero-order chi connectivity index (χ0) is 34.2. The van der Waals surface area contributed by atoms with Gasteiger partial charge in [-0.1, -0.05) is 52.0 Å². The minimum absolute atomic E-state index is 0.00692. The Hall–Kier alpha value is -2.24. The zero-order valence-electron chi connectivity index (χ0n) is 29.3. The third-order valence-electron chi connectivity index (χ3n) is 9.99. The Morgan fingerprint density at radius 3 is 2.50 bits per heavy atom. The maximum Gasteiger partial charge on any atom is 0.410 e. The molecule has 1 amide bonds. The summed E-state index contributed by atoms with van der Waals surface area (Å²) in [7, 11) is 4.13. The first-order chi connectivity index (χ1) is 21.6. The summed E-state index contributed by atoms with van der Waals surface area (Å²) in [6.07, 6.45) is 9.98. The van der Waals surface area contributed by atoms with Crippen LogP contribution in [0.4, 0.5) is 4.79 Å². The van der Waals surface area contributed by atoms with Gasteiger partial charge in [0.25, 0.3) is 0 Å². The van der Waals surface area contributed by atoms with E-state index in [4.69, 9.17) is 14.2 Å². The van der Waals surface area contributed by atoms with E-state index in [1.165, 1.54) is 0 Å². The van der Waals surface area contributed by atoms with Crippen LogP contribution in [0.2, 0.25) is 0 Å². The van der Waals surface area contributed by atoms with E-state index in [0.29, 0.717) is 44.8 Å². The molecule has 0 radical (unpaired) electrons. The summed E-state index contributed by atoms with van der Waals surface area (Å²) < 4.78 is 17.7. The molecule has 3 N–H and O–H groups in total. The highest BCUT2D eigenvalue weighted by atomic mass is 16.6. The van der Waals surface area contributed by atoms with E-state index in [1.807, 2.05) is 52.8 Å². The number of rotatable bonds is 10. The van der Waals surface area contributed by atoms with Crippen molar-refractivity contribution in [2.75, 3.05) is 27.2 Å². The quantitative estimate of drug-likeness (QED) is 0.134. The fraction of sp³-hybridized carbons (Fsp3) is 0.778. The molecule has 3 aliphatic rings. The van der Waals surface area contributed by atoms with E-state index in [9.17, 15) is 24.9 Å². The van der Waals surface area contributed by atoms with Gasteiger partial charge in [-0.05, 0) is 77.6 Å². The molecule has 10 heteroatoms. The molecule has 0 aromatic carbocycles. The molecule has 3 rings (SSSR count). The average Bonchev–Trinajstić information content (AvgIpc) is 3.76. The first-order valence-corrected chi connectivity index (χ1v) is 17.2. The number of aliphatic hydroxyl groups is 3. The molecule has 0 saturated carbocycles. The number of ether oxygens (including phenoxy) is 3. The van der Waals surface area contributed by atoms with Crippen LogP contribution in [-0.4, -0.2) is 113 Å². The number of hydrogen-bond donors (Lipinski definition) is 3. The second-order valence-electron chi connectivity index (χ2n) is 14.4. The smallest absolute Gasteiger partial charge is 0.410 e. The Balaban J connectivity index is 1.70. The number of esters is 1. The molecule has 0 spiro atoms. The van der Waals surface area contributed by atoms with Crippen LogP contribution < -0.4 is 0 Å². The van der Waals surface area contributed by atoms with Crippen LogP contribution in [0.15, 0.2) is 36.0 Å². The first kappa shape index (κ1) is 38.2. The normalized spacial score (nSPS) is 33.8. The standard InChI is InChI=1S/C36H60N2O8/c1-9-29(40)26(5)34-31(44-34)22-36(6,43)18-10-11-24(3)33-25(4)13-15-30(23(2)12-14-28(39)21-32(41)46-33)45-35(42)38-19-16-27(17-20-38)37(7)8/h10-11,13,15,18,23,25-31,33-34,39-40,43H,9,12,14,16-17,19-22H2,1-8H3/b15-13+,18-10+,24-11+. The molecule has 0 aromatic heterocycles. The number of allylic oxidation sites excluding steroid dienone is 2. The van der Waals surface area contributed by atoms with Crippen molar-refractivity contribution in [1.82, 2.24) is 9.80 Å². The SMILES string of the molecule is CCC(O)C(C)C1OC1CC(C)(O)/C=C/C=C(\C)C1OC(=O)CC(O)CCC(C)C(OC(=O)N2CCC(N(C)C)CC2)/C=C/C1C. The van der Waals surface area contributed by atoms with E-state index in [-0.39, 0.29) is 42.5 Å². The summed E-state index contributed by atoms with van der Waals surface area (Å²) in [5.41, 5.74) is -0.351. The van der Waals surface area contributed by atoms with Gasteiger partial charge in [-0.3, -0.25) is 4.79 Å². The van der Waals surface area contributed by atoms with Crippen molar-refractivity contribution in [1.29, 1.82) is 0 Å². The Bertz CT molecular complexity index is 1080. The van der Waals surface area contributed by atoms with Crippen molar-refractivity contribution in [3.05, 3.63) is 36.0 Å². The van der Waals surface area contributed by atoms with Crippen molar-refractivity contribution in [3.8, 4) is 0 Å². The number of cyclic esters (lactones) is 1. The zero-order valence-corrected chi connectivity index (χ0v) is 29.3. The second-order valence-corrected chi connectivity index (χ2v) is 14.4. The topological polar surface area (TPSA) is 132 Å². The maximum atomic E-state index is 13.2. The molecule has 2 saturated heterocycles. The lowest BCUT2D eigenvalue weighted by Crippen LogP contribution is -2.45. The summed E-state index contributed by atoms with van der Waals surface area (Å²) in [6.45, 7) is 12.8. The highest BCUT2D eigenvalue weighted by molar-refractivity contribution is 5.70. The summed E-state index contributed by atoms with van der Waals surface area (Å²) in [5, 5.41) is 31.7. The van der Waals surface area contributed by atoms with E-state index in [0.717, 1.165) is 18.4 Å². The molecule has 3 heterocycles. The molecule has 0 aromatic rings. The summed E-state index contributed by atoms with van der Waals surface area (Å²) in [5.74, 6) is -0.769. The predicted molar refractivity (Wildman–Crippen MR) is 178 cm³/mol. The maximum absolute atomic E-state index is 13.2. The molecule has 0 aliphatic carbocycles. The highest BCUT2D eigenvalue weighted by Gasteiger charge is 2.47. The fourth-order valence-corrected chi connectivity index (χ4v) is 6.56. The number of piperidine rings is 1. The van der Waals surface area contributed by atoms with Gasteiger partial charge in [0.2, 0.25) is 0 Å². The van der Waals surface area contributed by atoms with Crippen LogP contribution in [0.3, 0.4) is 0 Å². The number of likely N-dealkylation sites (tertiary alicyclic amines) is 1. The number of hydrogen-bond acceptors (Lipinski definition) is 9. The Morgan fingerprint density at radius 1 is 1.20 bits per heavy atom. The van der Waals surface area contributed by atoms with E-state index >= 15 is 0 Å². The minimum Gasteiger partial charge on any atom is -0.457 e. The number of aliphatic hydroxyl groups excluding tert-OH is 2. The summed E-state index contributed by atoms with van der Waals surface area (Å²) in [4.78, 5) is 30.0. The number of amides is 1. The Kier molecular flexibility index (Phi) is 14.3.